The van der Waals surface area contributed by atoms with Crippen molar-refractivity contribution in [2.24, 2.45) is 0 Å². The smallest absolute Gasteiger partial charge is 0.294 e. The van der Waals surface area contributed by atoms with Crippen molar-refractivity contribution in [3.8, 4) is 0 Å². The highest BCUT2D eigenvalue weighted by Gasteiger charge is 2.04. The van der Waals surface area contributed by atoms with Crippen molar-refractivity contribution < 1.29 is 4.39 Å². The van der Waals surface area contributed by atoms with Crippen molar-refractivity contribution in [2.75, 3.05) is 0 Å². The third-order valence-corrected chi connectivity index (χ3v) is 3.07. The molecule has 0 bridgehead atoms. The Hall–Kier alpha value is -3.03. The summed E-state index contributed by atoms with van der Waals surface area (Å²) >= 11 is 0. The summed E-state index contributed by atoms with van der Waals surface area (Å²) in [5.41, 5.74) is 0.525. The van der Waals surface area contributed by atoms with E-state index in [1.165, 1.54) is 29.0 Å². The number of hydrogen-bond donors (Lipinski definition) is 1. The Morgan fingerprint density at radius 1 is 1.09 bits per heavy atom. The summed E-state index contributed by atoms with van der Waals surface area (Å²) in [5.74, 6) is -0.291. The molecule has 8 heteroatoms. The molecular formula is C14H12FN5O2. The van der Waals surface area contributed by atoms with Gasteiger partial charge in [-0.15, -0.1) is 5.10 Å². The van der Waals surface area contributed by atoms with E-state index in [1.807, 2.05) is 0 Å². The van der Waals surface area contributed by atoms with E-state index in [-0.39, 0.29) is 12.4 Å². The minimum absolute atomic E-state index is 0.207. The Labute approximate surface area is 123 Å². The van der Waals surface area contributed by atoms with Gasteiger partial charge in [0.25, 0.3) is 5.56 Å². The van der Waals surface area contributed by atoms with Crippen LogP contribution in [0.3, 0.4) is 0 Å². The molecule has 0 saturated heterocycles. The number of benzene rings is 1. The molecule has 22 heavy (non-hydrogen) atoms. The number of hydrogen-bond acceptors (Lipinski definition) is 4. The van der Waals surface area contributed by atoms with E-state index in [1.54, 1.807) is 23.0 Å². The molecule has 0 atom stereocenters. The van der Waals surface area contributed by atoms with E-state index in [0.29, 0.717) is 12.2 Å². The molecule has 2 heterocycles. The molecule has 0 aliphatic carbocycles. The SMILES string of the molecule is O=c1ccn(Cc2cn(Cc3ccc(F)cc3)nn2)c(=O)[nH]1. The van der Waals surface area contributed by atoms with Crippen molar-refractivity contribution >= 4 is 0 Å². The van der Waals surface area contributed by atoms with Crippen LogP contribution in [0.1, 0.15) is 11.3 Å². The number of rotatable bonds is 4. The number of aromatic amines is 1. The normalized spacial score (nSPS) is 10.8. The molecular weight excluding hydrogens is 289 g/mol. The Bertz CT molecular complexity index is 894. The fourth-order valence-corrected chi connectivity index (χ4v) is 2.01. The van der Waals surface area contributed by atoms with Crippen LogP contribution in [0.15, 0.2) is 52.3 Å². The maximum absolute atomic E-state index is 12.8. The van der Waals surface area contributed by atoms with Gasteiger partial charge in [0.1, 0.15) is 11.5 Å². The average Bonchev–Trinajstić information content (AvgIpc) is 2.92. The van der Waals surface area contributed by atoms with Crippen molar-refractivity contribution in [3.63, 3.8) is 0 Å². The monoisotopic (exact) mass is 301 g/mol. The predicted octanol–water partition coefficient (Wildman–Crippen LogP) is 0.364. The zero-order chi connectivity index (χ0) is 15.5. The number of aromatic nitrogens is 5. The van der Waals surface area contributed by atoms with Gasteiger partial charge in [0.15, 0.2) is 0 Å². The first-order chi connectivity index (χ1) is 10.6. The van der Waals surface area contributed by atoms with Gasteiger partial charge in [-0.25, -0.2) is 13.9 Å². The Morgan fingerprint density at radius 3 is 2.59 bits per heavy atom. The topological polar surface area (TPSA) is 85.6 Å². The molecule has 0 aliphatic rings. The molecule has 0 fully saturated rings. The summed E-state index contributed by atoms with van der Waals surface area (Å²) in [5, 5.41) is 7.94. The summed E-state index contributed by atoms with van der Waals surface area (Å²) in [6.07, 6.45) is 3.10. The van der Waals surface area contributed by atoms with Crippen LogP contribution in [0.5, 0.6) is 0 Å². The van der Waals surface area contributed by atoms with Crippen molar-refractivity contribution in [1.82, 2.24) is 24.5 Å². The summed E-state index contributed by atoms with van der Waals surface area (Å²) < 4.78 is 15.8. The highest BCUT2D eigenvalue weighted by atomic mass is 19.1. The lowest BCUT2D eigenvalue weighted by molar-refractivity contribution is 0.621. The maximum Gasteiger partial charge on any atom is 0.328 e. The van der Waals surface area contributed by atoms with Gasteiger partial charge in [-0.3, -0.25) is 14.3 Å². The molecule has 0 spiro atoms. The Kier molecular flexibility index (Phi) is 3.65. The second kappa shape index (κ2) is 5.76. The van der Waals surface area contributed by atoms with Crippen LogP contribution >= 0.6 is 0 Å². The van der Waals surface area contributed by atoms with Gasteiger partial charge in [0.2, 0.25) is 0 Å². The molecule has 0 radical (unpaired) electrons. The van der Waals surface area contributed by atoms with Gasteiger partial charge in [0, 0.05) is 12.3 Å². The lowest BCUT2D eigenvalue weighted by Crippen LogP contribution is -2.28. The van der Waals surface area contributed by atoms with E-state index in [4.69, 9.17) is 0 Å². The van der Waals surface area contributed by atoms with E-state index in [0.717, 1.165) is 5.56 Å². The lowest BCUT2D eigenvalue weighted by atomic mass is 10.2. The maximum atomic E-state index is 12.8. The van der Waals surface area contributed by atoms with Crippen molar-refractivity contribution in [2.45, 2.75) is 13.1 Å². The second-order valence-corrected chi connectivity index (χ2v) is 4.77. The minimum atomic E-state index is -0.499. The van der Waals surface area contributed by atoms with E-state index < -0.39 is 11.2 Å². The first kappa shape index (κ1) is 13.9. The highest BCUT2D eigenvalue weighted by molar-refractivity contribution is 5.16. The van der Waals surface area contributed by atoms with Crippen LogP contribution < -0.4 is 11.2 Å². The first-order valence-corrected chi connectivity index (χ1v) is 6.53. The second-order valence-electron chi connectivity index (χ2n) is 4.77. The molecule has 0 unspecified atom stereocenters. The van der Waals surface area contributed by atoms with Gasteiger partial charge in [-0.2, -0.15) is 0 Å². The highest BCUT2D eigenvalue weighted by Crippen LogP contribution is 2.05. The molecule has 3 rings (SSSR count). The van der Waals surface area contributed by atoms with E-state index >= 15 is 0 Å². The molecule has 7 nitrogen and oxygen atoms in total. The molecule has 1 N–H and O–H groups in total. The fourth-order valence-electron chi connectivity index (χ4n) is 2.01. The quantitative estimate of drug-likeness (QED) is 0.754. The van der Waals surface area contributed by atoms with Gasteiger partial charge in [0.05, 0.1) is 19.3 Å². The lowest BCUT2D eigenvalue weighted by Gasteiger charge is -2.01. The van der Waals surface area contributed by atoms with Crippen LogP contribution in [0.4, 0.5) is 4.39 Å². The number of H-pyrrole nitrogens is 1. The standard InChI is InChI=1S/C14H12FN5O2/c15-11-3-1-10(2-4-11)7-20-9-12(17-18-20)8-19-6-5-13(21)16-14(19)22/h1-6,9H,7-8H2,(H,16,21,22). The molecule has 0 saturated carbocycles. The molecule has 112 valence electrons. The number of nitrogens with zero attached hydrogens (tertiary/aromatic N) is 4. The Morgan fingerprint density at radius 2 is 1.86 bits per heavy atom. The first-order valence-electron chi connectivity index (χ1n) is 6.53. The summed E-state index contributed by atoms with van der Waals surface area (Å²) in [6.45, 7) is 0.660. The molecule has 0 aliphatic heterocycles. The molecule has 0 amide bonds. The van der Waals surface area contributed by atoms with Gasteiger partial charge in [-0.05, 0) is 17.7 Å². The van der Waals surface area contributed by atoms with Gasteiger partial charge < -0.3 is 0 Å². The van der Waals surface area contributed by atoms with Crippen LogP contribution in [0.2, 0.25) is 0 Å². The molecule has 3 aromatic rings. The summed E-state index contributed by atoms with van der Waals surface area (Å²) in [6, 6.07) is 7.37. The largest absolute Gasteiger partial charge is 0.328 e. The van der Waals surface area contributed by atoms with E-state index in [2.05, 4.69) is 15.3 Å². The van der Waals surface area contributed by atoms with Gasteiger partial charge >= 0.3 is 5.69 Å². The van der Waals surface area contributed by atoms with E-state index in [9.17, 15) is 14.0 Å². The zero-order valence-corrected chi connectivity index (χ0v) is 11.4. The number of nitrogens with one attached hydrogen (secondary N) is 1. The Balaban J connectivity index is 1.74. The third kappa shape index (κ3) is 3.17. The summed E-state index contributed by atoms with van der Waals surface area (Å²) in [4.78, 5) is 24.8. The summed E-state index contributed by atoms with van der Waals surface area (Å²) in [7, 11) is 0. The van der Waals surface area contributed by atoms with Crippen LogP contribution in [-0.2, 0) is 13.1 Å². The average molecular weight is 301 g/mol. The fraction of sp³-hybridized carbons (Fsp3) is 0.143. The van der Waals surface area contributed by atoms with Gasteiger partial charge in [-0.1, -0.05) is 17.3 Å². The zero-order valence-electron chi connectivity index (χ0n) is 11.4. The van der Waals surface area contributed by atoms with Crippen molar-refractivity contribution in [1.29, 1.82) is 0 Å². The van der Waals surface area contributed by atoms with Crippen LogP contribution in [0.25, 0.3) is 0 Å². The van der Waals surface area contributed by atoms with Crippen molar-refractivity contribution in [3.05, 3.63) is 80.6 Å². The molecule has 1 aromatic carbocycles. The van der Waals surface area contributed by atoms with Crippen LogP contribution in [0, 0.1) is 5.82 Å². The predicted molar refractivity (Wildman–Crippen MR) is 75.9 cm³/mol. The molecule has 2 aromatic heterocycles. The number of halogens is 1. The van der Waals surface area contributed by atoms with Crippen LogP contribution in [-0.4, -0.2) is 24.5 Å². The third-order valence-electron chi connectivity index (χ3n) is 3.07. The minimum Gasteiger partial charge on any atom is -0.294 e.